The second kappa shape index (κ2) is 6.54. The molecule has 88 valence electrons. The molecule has 1 rings (SSSR count). The average molecular weight is 240 g/mol. The third-order valence-electron chi connectivity index (χ3n) is 2.67. The highest BCUT2D eigenvalue weighted by atomic mass is 35.5. The molecule has 0 heterocycles. The van der Waals surface area contributed by atoms with Crippen molar-refractivity contribution in [3.05, 3.63) is 35.4 Å². The van der Waals surface area contributed by atoms with Crippen LogP contribution in [-0.4, -0.2) is 5.91 Å². The largest absolute Gasteiger partial charge is 0.352 e. The number of benzene rings is 1. The van der Waals surface area contributed by atoms with Crippen LogP contribution in [0.15, 0.2) is 24.3 Å². The molecule has 0 aliphatic rings. The predicted molar refractivity (Wildman–Crippen MR) is 67.3 cm³/mol. The van der Waals surface area contributed by atoms with Gasteiger partial charge >= 0.3 is 0 Å². The topological polar surface area (TPSA) is 29.1 Å². The highest BCUT2D eigenvalue weighted by Gasteiger charge is 2.09. The maximum atomic E-state index is 11.6. The summed E-state index contributed by atoms with van der Waals surface area (Å²) < 4.78 is 0. The van der Waals surface area contributed by atoms with Gasteiger partial charge in [0.1, 0.15) is 0 Å². The Labute approximate surface area is 102 Å². The first kappa shape index (κ1) is 13.0. The normalized spacial score (nSPS) is 12.2. The molecule has 2 nitrogen and oxygen atoms in total. The molecule has 1 atom stereocenters. The van der Waals surface area contributed by atoms with Gasteiger partial charge in [-0.05, 0) is 17.5 Å². The molecule has 0 radical (unpaired) electrons. The van der Waals surface area contributed by atoms with Crippen LogP contribution in [0.4, 0.5) is 0 Å². The fourth-order valence-corrected chi connectivity index (χ4v) is 1.54. The lowest BCUT2D eigenvalue weighted by Crippen LogP contribution is -2.28. The Bertz CT molecular complexity index is 352. The molecule has 0 aliphatic carbocycles. The summed E-state index contributed by atoms with van der Waals surface area (Å²) in [6.07, 6.45) is 0.869. The highest BCUT2D eigenvalue weighted by Crippen LogP contribution is 2.08. The van der Waals surface area contributed by atoms with Crippen LogP contribution in [0.3, 0.4) is 0 Å². The fraction of sp³-hybridized carbons (Fsp3) is 0.462. The van der Waals surface area contributed by atoms with Crippen LogP contribution >= 0.6 is 11.6 Å². The van der Waals surface area contributed by atoms with Gasteiger partial charge in [0.15, 0.2) is 0 Å². The minimum absolute atomic E-state index is 0.0798. The SMILES string of the molecule is CCC(C)C(=O)NCc1cccc(CCl)c1. The smallest absolute Gasteiger partial charge is 0.223 e. The van der Waals surface area contributed by atoms with E-state index >= 15 is 0 Å². The maximum Gasteiger partial charge on any atom is 0.223 e. The van der Waals surface area contributed by atoms with E-state index in [1.165, 1.54) is 0 Å². The number of hydrogen-bond acceptors (Lipinski definition) is 1. The minimum Gasteiger partial charge on any atom is -0.352 e. The molecule has 0 saturated heterocycles. The maximum absolute atomic E-state index is 11.6. The van der Waals surface area contributed by atoms with Gasteiger partial charge in [-0.3, -0.25) is 4.79 Å². The number of halogens is 1. The number of alkyl halides is 1. The van der Waals surface area contributed by atoms with Crippen LogP contribution in [0, 0.1) is 5.92 Å². The Morgan fingerprint density at radius 2 is 2.12 bits per heavy atom. The molecule has 1 aromatic rings. The quantitative estimate of drug-likeness (QED) is 0.787. The van der Waals surface area contributed by atoms with E-state index in [0.29, 0.717) is 12.4 Å². The van der Waals surface area contributed by atoms with E-state index in [1.54, 1.807) is 0 Å². The van der Waals surface area contributed by atoms with E-state index in [-0.39, 0.29) is 11.8 Å². The lowest BCUT2D eigenvalue weighted by atomic mass is 10.1. The summed E-state index contributed by atoms with van der Waals surface area (Å²) in [5.74, 6) is 0.697. The average Bonchev–Trinajstić information content (AvgIpc) is 2.35. The summed E-state index contributed by atoms with van der Waals surface area (Å²) in [4.78, 5) is 11.6. The van der Waals surface area contributed by atoms with Gasteiger partial charge < -0.3 is 5.32 Å². The fourth-order valence-electron chi connectivity index (χ4n) is 1.37. The van der Waals surface area contributed by atoms with Gasteiger partial charge in [-0.25, -0.2) is 0 Å². The third kappa shape index (κ3) is 3.86. The molecule has 0 saturated carbocycles. The molecule has 0 fully saturated rings. The molecule has 1 aromatic carbocycles. The second-order valence-corrected chi connectivity index (χ2v) is 4.25. The predicted octanol–water partition coefficient (Wildman–Crippen LogP) is 3.09. The number of nitrogens with one attached hydrogen (secondary N) is 1. The lowest BCUT2D eigenvalue weighted by molar-refractivity contribution is -0.124. The standard InChI is InChI=1S/C13H18ClNO/c1-3-10(2)13(16)15-9-12-6-4-5-11(7-12)8-14/h4-7,10H,3,8-9H2,1-2H3,(H,15,16). The summed E-state index contributed by atoms with van der Waals surface area (Å²) in [6, 6.07) is 7.95. The van der Waals surface area contributed by atoms with Crippen molar-refractivity contribution < 1.29 is 4.79 Å². The van der Waals surface area contributed by atoms with E-state index in [0.717, 1.165) is 17.5 Å². The zero-order valence-electron chi connectivity index (χ0n) is 9.79. The minimum atomic E-state index is 0.0798. The van der Waals surface area contributed by atoms with Crippen molar-refractivity contribution in [2.24, 2.45) is 5.92 Å². The van der Waals surface area contributed by atoms with Crippen LogP contribution in [0.2, 0.25) is 0 Å². The first-order valence-corrected chi connectivity index (χ1v) is 6.12. The molecule has 0 spiro atoms. The summed E-state index contributed by atoms with van der Waals surface area (Å²) >= 11 is 5.75. The van der Waals surface area contributed by atoms with E-state index in [4.69, 9.17) is 11.6 Å². The van der Waals surface area contributed by atoms with Gasteiger partial charge in [-0.2, -0.15) is 0 Å². The van der Waals surface area contributed by atoms with Crippen LogP contribution < -0.4 is 5.32 Å². The molecule has 1 unspecified atom stereocenters. The molecule has 3 heteroatoms. The zero-order valence-corrected chi connectivity index (χ0v) is 10.6. The number of carbonyl (C=O) groups excluding carboxylic acids is 1. The van der Waals surface area contributed by atoms with Crippen molar-refractivity contribution in [2.75, 3.05) is 0 Å². The summed E-state index contributed by atoms with van der Waals surface area (Å²) in [6.45, 7) is 4.52. The molecule has 16 heavy (non-hydrogen) atoms. The van der Waals surface area contributed by atoms with Crippen molar-refractivity contribution in [2.45, 2.75) is 32.7 Å². The summed E-state index contributed by atoms with van der Waals surface area (Å²) in [5.41, 5.74) is 2.17. The number of amides is 1. The van der Waals surface area contributed by atoms with Gasteiger partial charge in [-0.15, -0.1) is 11.6 Å². The molecular formula is C13H18ClNO. The van der Waals surface area contributed by atoms with Crippen LogP contribution in [0.25, 0.3) is 0 Å². The number of hydrogen-bond donors (Lipinski definition) is 1. The molecule has 1 amide bonds. The molecular weight excluding hydrogens is 222 g/mol. The summed E-state index contributed by atoms with van der Waals surface area (Å²) in [7, 11) is 0. The highest BCUT2D eigenvalue weighted by molar-refractivity contribution is 6.17. The van der Waals surface area contributed by atoms with Crippen molar-refractivity contribution >= 4 is 17.5 Å². The monoisotopic (exact) mass is 239 g/mol. The van der Waals surface area contributed by atoms with Gasteiger partial charge in [0, 0.05) is 18.3 Å². The van der Waals surface area contributed by atoms with Crippen molar-refractivity contribution in [3.63, 3.8) is 0 Å². The number of carbonyl (C=O) groups is 1. The van der Waals surface area contributed by atoms with E-state index in [2.05, 4.69) is 5.32 Å². The van der Waals surface area contributed by atoms with E-state index in [1.807, 2.05) is 38.1 Å². The van der Waals surface area contributed by atoms with Crippen LogP contribution in [-0.2, 0) is 17.2 Å². The Morgan fingerprint density at radius 3 is 2.75 bits per heavy atom. The Hall–Kier alpha value is -1.02. The molecule has 0 aliphatic heterocycles. The molecule has 0 aromatic heterocycles. The van der Waals surface area contributed by atoms with E-state index in [9.17, 15) is 4.79 Å². The second-order valence-electron chi connectivity index (χ2n) is 3.98. The van der Waals surface area contributed by atoms with Crippen molar-refractivity contribution in [1.29, 1.82) is 0 Å². The van der Waals surface area contributed by atoms with Gasteiger partial charge in [-0.1, -0.05) is 38.1 Å². The number of rotatable bonds is 5. The summed E-state index contributed by atoms with van der Waals surface area (Å²) in [5, 5.41) is 2.92. The van der Waals surface area contributed by atoms with Gasteiger partial charge in [0.05, 0.1) is 0 Å². The van der Waals surface area contributed by atoms with Crippen LogP contribution in [0.1, 0.15) is 31.4 Å². The lowest BCUT2D eigenvalue weighted by Gasteiger charge is -2.10. The zero-order chi connectivity index (χ0) is 12.0. The van der Waals surface area contributed by atoms with Gasteiger partial charge in [0.2, 0.25) is 5.91 Å². The molecule has 0 bridgehead atoms. The Balaban J connectivity index is 2.51. The third-order valence-corrected chi connectivity index (χ3v) is 2.98. The van der Waals surface area contributed by atoms with Gasteiger partial charge in [0.25, 0.3) is 0 Å². The van der Waals surface area contributed by atoms with Crippen molar-refractivity contribution in [3.8, 4) is 0 Å². The Morgan fingerprint density at radius 1 is 1.44 bits per heavy atom. The Kier molecular flexibility index (Phi) is 5.33. The van der Waals surface area contributed by atoms with E-state index < -0.39 is 0 Å². The molecule has 1 N–H and O–H groups in total. The first-order valence-electron chi connectivity index (χ1n) is 5.58. The van der Waals surface area contributed by atoms with Crippen LogP contribution in [0.5, 0.6) is 0 Å². The van der Waals surface area contributed by atoms with Crippen molar-refractivity contribution in [1.82, 2.24) is 5.32 Å². The first-order chi connectivity index (χ1) is 7.67.